The maximum absolute atomic E-state index is 11.9. The molecule has 0 spiro atoms. The number of fused-ring (bicyclic) bond motifs is 4. The van der Waals surface area contributed by atoms with Crippen LogP contribution in [0.1, 0.15) is 99.8 Å². The van der Waals surface area contributed by atoms with Crippen molar-refractivity contribution < 1.29 is 9.53 Å². The van der Waals surface area contributed by atoms with Crippen LogP contribution in [0.5, 0.6) is 0 Å². The van der Waals surface area contributed by atoms with Crippen LogP contribution >= 0.6 is 0 Å². The molecule has 4 rings (SSSR count). The van der Waals surface area contributed by atoms with Crippen molar-refractivity contribution in [1.82, 2.24) is 0 Å². The van der Waals surface area contributed by atoms with Gasteiger partial charge in [0.1, 0.15) is 6.10 Å². The molecule has 0 aromatic rings. The predicted molar refractivity (Wildman–Crippen MR) is 133 cm³/mol. The molecule has 2 fully saturated rings. The number of ether oxygens (including phenoxy) is 1. The Kier molecular flexibility index (Phi) is 6.56. The van der Waals surface area contributed by atoms with Gasteiger partial charge in [-0.2, -0.15) is 0 Å². The molecular weight excluding hydrogens is 392 g/mol. The Hall–Kier alpha value is -1.31. The lowest BCUT2D eigenvalue weighted by atomic mass is 9.53. The lowest BCUT2D eigenvalue weighted by molar-refractivity contribution is -0.152. The SMILES string of the molecule is CC(=O)OC1CCCC2=CCC3=C(CC[C@]4(C)[C@@H]([C@H](C)/C=C/[C@H](C)C(C)C)CC[C@@H]34)[C@]21C. The Labute approximate surface area is 197 Å². The van der Waals surface area contributed by atoms with Crippen molar-refractivity contribution in [2.24, 2.45) is 40.4 Å². The molecular formula is C30H46O2. The Morgan fingerprint density at radius 2 is 1.84 bits per heavy atom. The first-order chi connectivity index (χ1) is 15.1. The summed E-state index contributed by atoms with van der Waals surface area (Å²) in [5, 5.41) is 0. The molecule has 2 heteroatoms. The van der Waals surface area contributed by atoms with Crippen molar-refractivity contribution in [3.63, 3.8) is 0 Å². The summed E-state index contributed by atoms with van der Waals surface area (Å²) >= 11 is 0. The molecule has 0 saturated heterocycles. The number of carbonyl (C=O) groups is 1. The van der Waals surface area contributed by atoms with Gasteiger partial charge in [0.05, 0.1) is 0 Å². The fourth-order valence-electron chi connectivity index (χ4n) is 7.94. The molecule has 0 aliphatic heterocycles. The maximum atomic E-state index is 11.9. The number of hydrogen-bond acceptors (Lipinski definition) is 2. The largest absolute Gasteiger partial charge is 0.461 e. The minimum Gasteiger partial charge on any atom is -0.461 e. The summed E-state index contributed by atoms with van der Waals surface area (Å²) in [6, 6.07) is 0. The Morgan fingerprint density at radius 3 is 2.53 bits per heavy atom. The van der Waals surface area contributed by atoms with Gasteiger partial charge in [-0.3, -0.25) is 4.79 Å². The normalized spacial score (nSPS) is 38.8. The van der Waals surface area contributed by atoms with Crippen LogP contribution in [0, 0.1) is 40.4 Å². The zero-order valence-electron chi connectivity index (χ0n) is 21.7. The summed E-state index contributed by atoms with van der Waals surface area (Å²) in [4.78, 5) is 11.9. The maximum Gasteiger partial charge on any atom is 0.302 e. The van der Waals surface area contributed by atoms with E-state index in [-0.39, 0.29) is 17.5 Å². The van der Waals surface area contributed by atoms with Gasteiger partial charge in [-0.15, -0.1) is 0 Å². The standard InChI is InChI=1S/C30H46O2/c1-19(2)20(3)11-12-21(4)25-15-16-26-24-14-13-23-9-8-10-28(32-22(5)31)30(23,7)27(24)17-18-29(25,26)6/h11-13,19-21,25-26,28H,8-10,14-18H2,1-7H3/b12-11+/t20-,21+,25+,26-,28?,29+,30-/m0/s1. The monoisotopic (exact) mass is 438 g/mol. The molecule has 0 aromatic heterocycles. The molecule has 0 heterocycles. The highest BCUT2D eigenvalue weighted by atomic mass is 16.5. The fourth-order valence-corrected chi connectivity index (χ4v) is 7.94. The highest BCUT2D eigenvalue weighted by Crippen LogP contribution is 2.65. The van der Waals surface area contributed by atoms with E-state index in [0.717, 1.165) is 25.2 Å². The van der Waals surface area contributed by atoms with Crippen molar-refractivity contribution in [2.45, 2.75) is 106 Å². The Bertz CT molecular complexity index is 830. The van der Waals surface area contributed by atoms with Gasteiger partial charge >= 0.3 is 5.97 Å². The van der Waals surface area contributed by atoms with Gasteiger partial charge in [-0.05, 0) is 93.3 Å². The van der Waals surface area contributed by atoms with Gasteiger partial charge < -0.3 is 4.74 Å². The summed E-state index contributed by atoms with van der Waals surface area (Å²) < 4.78 is 5.96. The summed E-state index contributed by atoms with van der Waals surface area (Å²) in [7, 11) is 0. The second-order valence-electron chi connectivity index (χ2n) is 12.2. The minimum absolute atomic E-state index is 0.0197. The molecule has 0 aromatic carbocycles. The number of carbonyl (C=O) groups excluding carboxylic acids is 1. The molecule has 0 bridgehead atoms. The Balaban J connectivity index is 1.62. The van der Waals surface area contributed by atoms with Crippen LogP contribution in [0.2, 0.25) is 0 Å². The molecule has 32 heavy (non-hydrogen) atoms. The molecule has 0 amide bonds. The molecule has 2 saturated carbocycles. The van der Waals surface area contributed by atoms with Crippen LogP contribution in [-0.2, 0) is 9.53 Å². The van der Waals surface area contributed by atoms with E-state index in [4.69, 9.17) is 4.74 Å². The van der Waals surface area contributed by atoms with Gasteiger partial charge in [0, 0.05) is 12.3 Å². The number of esters is 1. The molecule has 1 unspecified atom stereocenters. The van der Waals surface area contributed by atoms with Gasteiger partial charge in [0.2, 0.25) is 0 Å². The van der Waals surface area contributed by atoms with Crippen molar-refractivity contribution in [2.75, 3.05) is 0 Å². The van der Waals surface area contributed by atoms with Crippen LogP contribution in [0.3, 0.4) is 0 Å². The molecule has 0 N–H and O–H groups in total. The zero-order valence-corrected chi connectivity index (χ0v) is 21.7. The van der Waals surface area contributed by atoms with Crippen molar-refractivity contribution in [3.8, 4) is 0 Å². The van der Waals surface area contributed by atoms with Crippen molar-refractivity contribution in [1.29, 1.82) is 0 Å². The topological polar surface area (TPSA) is 26.3 Å². The fraction of sp³-hybridized carbons (Fsp3) is 0.767. The van der Waals surface area contributed by atoms with Gasteiger partial charge in [0.25, 0.3) is 0 Å². The summed E-state index contributed by atoms with van der Waals surface area (Å²) in [6.45, 7) is 16.0. The molecule has 4 aliphatic rings. The third-order valence-corrected chi connectivity index (χ3v) is 10.3. The zero-order chi connectivity index (χ0) is 23.3. The predicted octanol–water partition coefficient (Wildman–Crippen LogP) is 8.05. The van der Waals surface area contributed by atoms with E-state index < -0.39 is 0 Å². The van der Waals surface area contributed by atoms with Crippen molar-refractivity contribution >= 4 is 5.97 Å². The number of hydrogen-bond donors (Lipinski definition) is 0. The second-order valence-corrected chi connectivity index (χ2v) is 12.2. The third-order valence-electron chi connectivity index (χ3n) is 10.3. The lowest BCUT2D eigenvalue weighted by Crippen LogP contribution is -2.47. The second kappa shape index (κ2) is 8.80. The summed E-state index contributed by atoms with van der Waals surface area (Å²) in [6.07, 6.45) is 17.2. The third kappa shape index (κ3) is 3.84. The smallest absolute Gasteiger partial charge is 0.302 e. The van der Waals surface area contributed by atoms with Gasteiger partial charge in [0.15, 0.2) is 0 Å². The van der Waals surface area contributed by atoms with E-state index in [1.165, 1.54) is 32.1 Å². The molecule has 0 radical (unpaired) electrons. The average molecular weight is 439 g/mol. The van der Waals surface area contributed by atoms with E-state index >= 15 is 0 Å². The van der Waals surface area contributed by atoms with Crippen LogP contribution in [0.15, 0.2) is 34.9 Å². The molecule has 4 aliphatic carbocycles. The first-order valence-electron chi connectivity index (χ1n) is 13.4. The Morgan fingerprint density at radius 1 is 1.09 bits per heavy atom. The molecule has 178 valence electrons. The van der Waals surface area contributed by atoms with Crippen LogP contribution in [-0.4, -0.2) is 12.1 Å². The minimum atomic E-state index is -0.122. The van der Waals surface area contributed by atoms with E-state index in [0.29, 0.717) is 29.1 Å². The first-order valence-corrected chi connectivity index (χ1v) is 13.4. The van der Waals surface area contributed by atoms with Crippen LogP contribution in [0.4, 0.5) is 0 Å². The number of allylic oxidation sites excluding steroid dienone is 4. The first kappa shape index (κ1) is 23.8. The highest BCUT2D eigenvalue weighted by molar-refractivity contribution is 5.66. The van der Waals surface area contributed by atoms with Crippen LogP contribution in [0.25, 0.3) is 0 Å². The van der Waals surface area contributed by atoms with Gasteiger partial charge in [-0.1, -0.05) is 69.6 Å². The van der Waals surface area contributed by atoms with Crippen molar-refractivity contribution in [3.05, 3.63) is 34.9 Å². The molecule has 7 atom stereocenters. The van der Waals surface area contributed by atoms with E-state index in [1.807, 2.05) is 0 Å². The van der Waals surface area contributed by atoms with E-state index in [1.54, 1.807) is 23.6 Å². The van der Waals surface area contributed by atoms with E-state index in [2.05, 4.69) is 59.8 Å². The highest BCUT2D eigenvalue weighted by Gasteiger charge is 2.56. The van der Waals surface area contributed by atoms with Crippen LogP contribution < -0.4 is 0 Å². The summed E-state index contributed by atoms with van der Waals surface area (Å²) in [5.41, 5.74) is 5.26. The lowest BCUT2D eigenvalue weighted by Gasteiger charge is -2.53. The van der Waals surface area contributed by atoms with Gasteiger partial charge in [-0.25, -0.2) is 0 Å². The number of rotatable bonds is 5. The van der Waals surface area contributed by atoms with E-state index in [9.17, 15) is 4.79 Å². The summed E-state index contributed by atoms with van der Waals surface area (Å²) in [5.74, 6) is 3.34. The average Bonchev–Trinajstić information content (AvgIpc) is 3.09. The quantitative estimate of drug-likeness (QED) is 0.320. The molecule has 2 nitrogen and oxygen atoms in total.